The van der Waals surface area contributed by atoms with Crippen LogP contribution in [0.2, 0.25) is 0 Å². The van der Waals surface area contributed by atoms with Crippen molar-refractivity contribution in [3.8, 4) is 0 Å². The fraction of sp³-hybridized carbons (Fsp3) is 0.760. The molecule has 1 aromatic heterocycles. The van der Waals surface area contributed by atoms with Crippen molar-refractivity contribution in [2.45, 2.75) is 65.0 Å². The normalized spacial score (nSPS) is 28.9. The lowest BCUT2D eigenvalue weighted by Gasteiger charge is -2.57. The molecule has 4 aliphatic rings. The Morgan fingerprint density at radius 2 is 1.77 bits per heavy atom. The van der Waals surface area contributed by atoms with Gasteiger partial charge in [0, 0.05) is 38.6 Å². The van der Waals surface area contributed by atoms with Crippen LogP contribution in [-0.2, 0) is 27.9 Å². The summed E-state index contributed by atoms with van der Waals surface area (Å²) < 4.78 is 7.29. The number of hydrogen-bond acceptors (Lipinski definition) is 3. The van der Waals surface area contributed by atoms with Crippen LogP contribution in [0.15, 0.2) is 18.3 Å². The van der Waals surface area contributed by atoms with E-state index in [2.05, 4.69) is 0 Å². The van der Waals surface area contributed by atoms with Crippen LogP contribution in [0.4, 0.5) is 0 Å². The van der Waals surface area contributed by atoms with Crippen molar-refractivity contribution in [1.82, 2.24) is 14.4 Å². The number of ether oxygens (including phenoxy) is 1. The van der Waals surface area contributed by atoms with Crippen LogP contribution in [0.3, 0.4) is 0 Å². The van der Waals surface area contributed by atoms with E-state index in [0.717, 1.165) is 42.7 Å². The fourth-order valence-electron chi connectivity index (χ4n) is 6.76. The molecule has 2 amide bonds. The molecule has 0 unspecified atom stereocenters. The van der Waals surface area contributed by atoms with Gasteiger partial charge in [-0.2, -0.15) is 0 Å². The van der Waals surface area contributed by atoms with Gasteiger partial charge in [0.25, 0.3) is 0 Å². The van der Waals surface area contributed by atoms with Gasteiger partial charge in [0.1, 0.15) is 6.54 Å². The van der Waals surface area contributed by atoms with E-state index in [1.165, 1.54) is 19.3 Å². The van der Waals surface area contributed by atoms with Gasteiger partial charge in [-0.15, -0.1) is 0 Å². The predicted octanol–water partition coefficient (Wildman–Crippen LogP) is 3.45. The molecule has 0 aromatic carbocycles. The minimum atomic E-state index is -0.214. The Morgan fingerprint density at radius 3 is 2.26 bits per heavy atom. The molecule has 0 atom stereocenters. The van der Waals surface area contributed by atoms with E-state index in [-0.39, 0.29) is 29.8 Å². The number of aromatic nitrogens is 1. The third kappa shape index (κ3) is 4.55. The third-order valence-corrected chi connectivity index (χ3v) is 8.00. The molecule has 1 heterocycles. The highest BCUT2D eigenvalue weighted by Crippen LogP contribution is 2.60. The molecule has 0 saturated heterocycles. The zero-order valence-electron chi connectivity index (χ0n) is 19.7. The average Bonchev–Trinajstić information content (AvgIpc) is 3.11. The fourth-order valence-corrected chi connectivity index (χ4v) is 6.76. The largest absolute Gasteiger partial charge is 0.383 e. The van der Waals surface area contributed by atoms with Gasteiger partial charge >= 0.3 is 0 Å². The molecule has 172 valence electrons. The number of aryl methyl sites for hydroxylation is 1. The Hall–Kier alpha value is -1.82. The number of carbonyl (C=O) groups excluding carboxylic acids is 2. The van der Waals surface area contributed by atoms with Crippen LogP contribution >= 0.6 is 0 Å². The summed E-state index contributed by atoms with van der Waals surface area (Å²) in [7, 11) is 3.65. The quantitative estimate of drug-likeness (QED) is 0.604. The molecule has 0 spiro atoms. The second-order valence-electron chi connectivity index (χ2n) is 10.6. The first-order valence-electron chi connectivity index (χ1n) is 12.0. The standard InChI is InChI=1S/C25H39N3O3/c1-18(2)28(24(30)25-13-19-10-20(14-25)12-21(11-19)15-25)17-23(29)27(8-9-31-4)16-22-6-5-7-26(22)3/h5-7,18-21H,8-17H2,1-4H3. The average molecular weight is 430 g/mol. The summed E-state index contributed by atoms with van der Waals surface area (Å²) in [6.07, 6.45) is 9.03. The minimum Gasteiger partial charge on any atom is -0.383 e. The summed E-state index contributed by atoms with van der Waals surface area (Å²) >= 11 is 0. The molecule has 4 bridgehead atoms. The zero-order valence-corrected chi connectivity index (χ0v) is 19.7. The number of amides is 2. The minimum absolute atomic E-state index is 0.00466. The lowest BCUT2D eigenvalue weighted by molar-refractivity contribution is -0.162. The summed E-state index contributed by atoms with van der Waals surface area (Å²) in [5.41, 5.74) is 0.863. The van der Waals surface area contributed by atoms with Crippen molar-refractivity contribution >= 4 is 11.8 Å². The smallest absolute Gasteiger partial charge is 0.242 e. The van der Waals surface area contributed by atoms with Crippen molar-refractivity contribution in [2.75, 3.05) is 26.8 Å². The Labute approximate surface area is 186 Å². The summed E-state index contributed by atoms with van der Waals surface area (Å²) in [5.74, 6) is 2.40. The van der Waals surface area contributed by atoms with Crippen molar-refractivity contribution in [3.05, 3.63) is 24.0 Å². The van der Waals surface area contributed by atoms with Crippen LogP contribution in [0, 0.1) is 23.2 Å². The molecule has 5 rings (SSSR count). The van der Waals surface area contributed by atoms with Gasteiger partial charge < -0.3 is 19.1 Å². The van der Waals surface area contributed by atoms with E-state index >= 15 is 0 Å². The van der Waals surface area contributed by atoms with E-state index < -0.39 is 0 Å². The number of nitrogens with zero attached hydrogens (tertiary/aromatic N) is 3. The molecule has 1 aromatic rings. The van der Waals surface area contributed by atoms with Gasteiger partial charge in [0.05, 0.1) is 18.6 Å². The van der Waals surface area contributed by atoms with E-state index in [1.54, 1.807) is 7.11 Å². The highest BCUT2D eigenvalue weighted by Gasteiger charge is 2.55. The summed E-state index contributed by atoms with van der Waals surface area (Å²) in [4.78, 5) is 31.0. The molecular weight excluding hydrogens is 390 g/mol. The van der Waals surface area contributed by atoms with Crippen LogP contribution < -0.4 is 0 Å². The van der Waals surface area contributed by atoms with Gasteiger partial charge in [0.2, 0.25) is 11.8 Å². The van der Waals surface area contributed by atoms with Crippen molar-refractivity contribution in [2.24, 2.45) is 30.2 Å². The summed E-state index contributed by atoms with van der Waals surface area (Å²) in [5, 5.41) is 0. The first-order chi connectivity index (χ1) is 14.8. The highest BCUT2D eigenvalue weighted by atomic mass is 16.5. The predicted molar refractivity (Wildman–Crippen MR) is 120 cm³/mol. The van der Waals surface area contributed by atoms with Gasteiger partial charge in [-0.25, -0.2) is 0 Å². The maximum Gasteiger partial charge on any atom is 0.242 e. The molecule has 4 aliphatic carbocycles. The van der Waals surface area contributed by atoms with Crippen LogP contribution in [-0.4, -0.2) is 59.0 Å². The zero-order chi connectivity index (χ0) is 22.2. The lowest BCUT2D eigenvalue weighted by Crippen LogP contribution is -2.57. The van der Waals surface area contributed by atoms with Crippen molar-refractivity contribution in [1.29, 1.82) is 0 Å². The van der Waals surface area contributed by atoms with Crippen LogP contribution in [0.25, 0.3) is 0 Å². The topological polar surface area (TPSA) is 54.8 Å². The molecular formula is C25H39N3O3. The molecule has 31 heavy (non-hydrogen) atoms. The van der Waals surface area contributed by atoms with Gasteiger partial charge in [0.15, 0.2) is 0 Å². The molecule has 6 heteroatoms. The second kappa shape index (κ2) is 8.97. The molecule has 0 N–H and O–H groups in total. The molecule has 0 aliphatic heterocycles. The molecule has 4 fully saturated rings. The maximum atomic E-state index is 13.9. The Balaban J connectivity index is 1.49. The highest BCUT2D eigenvalue weighted by molar-refractivity contribution is 5.88. The maximum absolute atomic E-state index is 13.9. The Bertz CT molecular complexity index is 764. The summed E-state index contributed by atoms with van der Waals surface area (Å²) in [6.45, 7) is 5.79. The van der Waals surface area contributed by atoms with E-state index in [9.17, 15) is 9.59 Å². The van der Waals surface area contributed by atoms with E-state index in [4.69, 9.17) is 4.74 Å². The number of methoxy groups -OCH3 is 1. The van der Waals surface area contributed by atoms with Crippen LogP contribution in [0.5, 0.6) is 0 Å². The van der Waals surface area contributed by atoms with E-state index in [0.29, 0.717) is 19.7 Å². The molecule has 4 saturated carbocycles. The number of rotatable bonds is 9. The molecule has 6 nitrogen and oxygen atoms in total. The Morgan fingerprint density at radius 1 is 1.16 bits per heavy atom. The first kappa shape index (κ1) is 22.4. The monoisotopic (exact) mass is 429 g/mol. The van der Waals surface area contributed by atoms with E-state index in [1.807, 2.05) is 53.6 Å². The van der Waals surface area contributed by atoms with Gasteiger partial charge in [-0.05, 0) is 82.3 Å². The van der Waals surface area contributed by atoms with Crippen molar-refractivity contribution < 1.29 is 14.3 Å². The van der Waals surface area contributed by atoms with Crippen LogP contribution in [0.1, 0.15) is 58.1 Å². The molecule has 0 radical (unpaired) electrons. The number of hydrogen-bond donors (Lipinski definition) is 0. The Kier molecular flexibility index (Phi) is 6.47. The SMILES string of the molecule is COCCN(Cc1cccn1C)C(=O)CN(C(=O)C12CC3CC(CC(C3)C1)C2)C(C)C. The van der Waals surface area contributed by atoms with Gasteiger partial charge in [-0.3, -0.25) is 9.59 Å². The second-order valence-corrected chi connectivity index (χ2v) is 10.6. The summed E-state index contributed by atoms with van der Waals surface area (Å²) in [6, 6.07) is 4.04. The third-order valence-electron chi connectivity index (χ3n) is 8.00. The lowest BCUT2D eigenvalue weighted by atomic mass is 9.49. The van der Waals surface area contributed by atoms with Crippen molar-refractivity contribution in [3.63, 3.8) is 0 Å². The first-order valence-corrected chi connectivity index (χ1v) is 12.0. The number of carbonyl (C=O) groups is 2. The van der Waals surface area contributed by atoms with Gasteiger partial charge in [-0.1, -0.05) is 0 Å².